The fourth-order valence-electron chi connectivity index (χ4n) is 3.57. The number of carbonyl (C=O) groups is 1. The summed E-state index contributed by atoms with van der Waals surface area (Å²) >= 11 is 0. The Kier molecular flexibility index (Phi) is 5.74. The Morgan fingerprint density at radius 1 is 1.06 bits per heavy atom. The molecule has 10 heteroatoms. The summed E-state index contributed by atoms with van der Waals surface area (Å²) in [6.45, 7) is 1.87. The van der Waals surface area contributed by atoms with Gasteiger partial charge in [-0.25, -0.2) is 4.98 Å². The van der Waals surface area contributed by atoms with E-state index in [1.807, 2.05) is 29.7 Å². The van der Waals surface area contributed by atoms with Gasteiger partial charge < -0.3 is 5.32 Å². The van der Waals surface area contributed by atoms with Gasteiger partial charge in [0.2, 0.25) is 0 Å². The summed E-state index contributed by atoms with van der Waals surface area (Å²) < 4.78 is 40.8. The van der Waals surface area contributed by atoms with Crippen LogP contribution < -0.4 is 5.32 Å². The van der Waals surface area contributed by atoms with E-state index in [1.54, 1.807) is 36.9 Å². The number of aryl methyl sites for hydroxylation is 1. The average Bonchev–Trinajstić information content (AvgIpc) is 3.53. The summed E-state index contributed by atoms with van der Waals surface area (Å²) in [6, 6.07) is 12.3. The smallest absolute Gasteiger partial charge is 0.321 e. The van der Waals surface area contributed by atoms with Crippen molar-refractivity contribution in [3.05, 3.63) is 101 Å². The zero-order valence-corrected chi connectivity index (χ0v) is 18.8. The van der Waals surface area contributed by atoms with Crippen LogP contribution in [0.2, 0.25) is 0 Å². The van der Waals surface area contributed by atoms with Crippen LogP contribution in [0.3, 0.4) is 0 Å². The molecule has 0 saturated heterocycles. The van der Waals surface area contributed by atoms with Crippen molar-refractivity contribution in [1.82, 2.24) is 24.7 Å². The number of rotatable bonds is 3. The molecular formula is C26H17F3N6O. The fraction of sp³-hybridized carbons (Fsp3) is 0.0769. The molecule has 3 heterocycles. The van der Waals surface area contributed by atoms with Gasteiger partial charge in [0.25, 0.3) is 5.91 Å². The molecule has 7 nitrogen and oxygen atoms in total. The number of carbonyl (C=O) groups excluding carboxylic acids is 1. The predicted molar refractivity (Wildman–Crippen MR) is 128 cm³/mol. The SMILES string of the molecule is Cc1ccc(NC(=O)c2cc(C(F)(F)F)ccn2)cc1C#Cc1ccc2c(c1)ncn2-c1cn[nH]c1. The lowest BCUT2D eigenvalue weighted by atomic mass is 10.1. The molecule has 5 aromatic rings. The Hall–Kier alpha value is -4.91. The van der Waals surface area contributed by atoms with Crippen molar-refractivity contribution in [2.75, 3.05) is 5.32 Å². The van der Waals surface area contributed by atoms with E-state index < -0.39 is 17.6 Å². The summed E-state index contributed by atoms with van der Waals surface area (Å²) in [5, 5.41) is 9.32. The van der Waals surface area contributed by atoms with Gasteiger partial charge in [-0.05, 0) is 55.0 Å². The molecule has 0 bridgehead atoms. The average molecular weight is 486 g/mol. The lowest BCUT2D eigenvalue weighted by Crippen LogP contribution is -2.15. The Bertz CT molecular complexity index is 1640. The standard InChI is InChI=1S/C26H17F3N6O/c1-16-2-6-20(34-25(36)23-12-19(8-9-30-23)26(27,28)29)11-18(16)5-3-17-4-7-24-22(10-17)31-15-35(24)21-13-32-33-14-21/h2,4,6-15H,1H3,(H,32,33)(H,34,36). The molecule has 0 aliphatic rings. The summed E-state index contributed by atoms with van der Waals surface area (Å²) in [5.74, 6) is 5.45. The first-order valence-corrected chi connectivity index (χ1v) is 10.7. The van der Waals surface area contributed by atoms with Crippen molar-refractivity contribution in [1.29, 1.82) is 0 Å². The van der Waals surface area contributed by atoms with Crippen molar-refractivity contribution >= 4 is 22.6 Å². The molecule has 0 atom stereocenters. The van der Waals surface area contributed by atoms with Crippen molar-refractivity contribution < 1.29 is 18.0 Å². The molecule has 0 spiro atoms. The molecule has 0 saturated carbocycles. The van der Waals surface area contributed by atoms with Crippen molar-refractivity contribution in [3.63, 3.8) is 0 Å². The van der Waals surface area contributed by atoms with E-state index in [0.717, 1.165) is 40.1 Å². The van der Waals surface area contributed by atoms with E-state index in [0.29, 0.717) is 17.3 Å². The summed E-state index contributed by atoms with van der Waals surface area (Å²) in [7, 11) is 0. The van der Waals surface area contributed by atoms with E-state index in [4.69, 9.17) is 0 Å². The van der Waals surface area contributed by atoms with E-state index >= 15 is 0 Å². The largest absolute Gasteiger partial charge is 0.416 e. The highest BCUT2D eigenvalue weighted by Gasteiger charge is 2.31. The molecule has 2 N–H and O–H groups in total. The van der Waals surface area contributed by atoms with E-state index in [9.17, 15) is 18.0 Å². The molecule has 0 unspecified atom stereocenters. The Balaban J connectivity index is 1.37. The molecule has 0 aliphatic carbocycles. The zero-order chi connectivity index (χ0) is 25.3. The molecule has 0 aliphatic heterocycles. The van der Waals surface area contributed by atoms with E-state index in [2.05, 4.69) is 37.3 Å². The number of halogens is 3. The number of benzene rings is 2. The number of pyridine rings is 1. The first-order chi connectivity index (χ1) is 17.3. The van der Waals surface area contributed by atoms with Crippen LogP contribution in [-0.4, -0.2) is 30.6 Å². The number of nitrogens with one attached hydrogen (secondary N) is 2. The van der Waals surface area contributed by atoms with Gasteiger partial charge in [-0.3, -0.25) is 19.4 Å². The van der Waals surface area contributed by atoms with E-state index in [1.165, 1.54) is 0 Å². The van der Waals surface area contributed by atoms with Gasteiger partial charge in [0, 0.05) is 29.2 Å². The van der Waals surface area contributed by atoms with Gasteiger partial charge in [0.15, 0.2) is 0 Å². The number of hydrogen-bond donors (Lipinski definition) is 2. The maximum Gasteiger partial charge on any atom is 0.416 e. The number of aromatic amines is 1. The highest BCUT2D eigenvalue weighted by atomic mass is 19.4. The van der Waals surface area contributed by atoms with Gasteiger partial charge in [-0.1, -0.05) is 17.9 Å². The minimum Gasteiger partial charge on any atom is -0.321 e. The van der Waals surface area contributed by atoms with Crippen LogP contribution in [0, 0.1) is 18.8 Å². The van der Waals surface area contributed by atoms with Gasteiger partial charge >= 0.3 is 6.18 Å². The molecule has 3 aromatic heterocycles. The van der Waals surface area contributed by atoms with Crippen molar-refractivity contribution in [2.24, 2.45) is 0 Å². The molecule has 0 radical (unpaired) electrons. The number of anilines is 1. The molecule has 36 heavy (non-hydrogen) atoms. The van der Waals surface area contributed by atoms with Gasteiger partial charge in [-0.15, -0.1) is 0 Å². The summed E-state index contributed by atoms with van der Waals surface area (Å²) in [6.07, 6.45) is 1.57. The molecular weight excluding hydrogens is 469 g/mol. The number of fused-ring (bicyclic) bond motifs is 1. The first kappa shape index (κ1) is 22.9. The third-order valence-corrected chi connectivity index (χ3v) is 5.47. The molecule has 0 fully saturated rings. The Labute approximate surface area is 203 Å². The normalized spacial score (nSPS) is 11.2. The lowest BCUT2D eigenvalue weighted by molar-refractivity contribution is -0.137. The van der Waals surface area contributed by atoms with Gasteiger partial charge in [0.1, 0.15) is 12.0 Å². The number of nitrogens with zero attached hydrogens (tertiary/aromatic N) is 4. The zero-order valence-electron chi connectivity index (χ0n) is 18.8. The minimum absolute atomic E-state index is 0.332. The molecule has 1 amide bonds. The van der Waals surface area contributed by atoms with Crippen molar-refractivity contribution in [2.45, 2.75) is 13.1 Å². The summed E-state index contributed by atoms with van der Waals surface area (Å²) in [4.78, 5) is 20.7. The topological polar surface area (TPSA) is 88.5 Å². The highest BCUT2D eigenvalue weighted by Crippen LogP contribution is 2.29. The van der Waals surface area contributed by atoms with Crippen LogP contribution in [0.25, 0.3) is 16.7 Å². The Morgan fingerprint density at radius 3 is 2.69 bits per heavy atom. The van der Waals surface area contributed by atoms with Crippen LogP contribution in [0.5, 0.6) is 0 Å². The van der Waals surface area contributed by atoms with Crippen LogP contribution in [-0.2, 0) is 6.18 Å². The van der Waals surface area contributed by atoms with Gasteiger partial charge in [-0.2, -0.15) is 18.3 Å². The second-order valence-electron chi connectivity index (χ2n) is 7.94. The van der Waals surface area contributed by atoms with Crippen LogP contribution in [0.15, 0.2) is 73.4 Å². The quantitative estimate of drug-likeness (QED) is 0.347. The molecule has 5 rings (SSSR count). The van der Waals surface area contributed by atoms with Gasteiger partial charge in [0.05, 0.1) is 28.5 Å². The number of aromatic nitrogens is 5. The number of H-pyrrole nitrogens is 1. The lowest BCUT2D eigenvalue weighted by Gasteiger charge is -2.09. The predicted octanol–water partition coefficient (Wildman–Crippen LogP) is 5.12. The fourth-order valence-corrected chi connectivity index (χ4v) is 3.57. The maximum absolute atomic E-state index is 12.9. The Morgan fingerprint density at radius 2 is 1.92 bits per heavy atom. The second-order valence-corrected chi connectivity index (χ2v) is 7.94. The highest BCUT2D eigenvalue weighted by molar-refractivity contribution is 6.03. The van der Waals surface area contributed by atoms with Crippen LogP contribution in [0.4, 0.5) is 18.9 Å². The number of imidazole rings is 1. The van der Waals surface area contributed by atoms with Crippen LogP contribution in [0.1, 0.15) is 32.7 Å². The molecule has 178 valence electrons. The number of alkyl halides is 3. The van der Waals surface area contributed by atoms with Crippen molar-refractivity contribution in [3.8, 4) is 17.5 Å². The minimum atomic E-state index is -4.56. The second kappa shape index (κ2) is 9.03. The monoisotopic (exact) mass is 486 g/mol. The maximum atomic E-state index is 12.9. The number of amides is 1. The molecule has 2 aromatic carbocycles. The number of hydrogen-bond acceptors (Lipinski definition) is 4. The first-order valence-electron chi connectivity index (χ1n) is 10.7. The van der Waals surface area contributed by atoms with Crippen LogP contribution >= 0.6 is 0 Å². The summed E-state index contributed by atoms with van der Waals surface area (Å²) in [5.41, 5.74) is 3.96. The van der Waals surface area contributed by atoms with E-state index in [-0.39, 0.29) is 5.69 Å². The third-order valence-electron chi connectivity index (χ3n) is 5.47. The third kappa shape index (κ3) is 4.67.